The lowest BCUT2D eigenvalue weighted by Crippen LogP contribution is -2.38. The summed E-state index contributed by atoms with van der Waals surface area (Å²) in [6.45, 7) is 7.79. The lowest BCUT2D eigenvalue weighted by atomic mass is 10.1. The Kier molecular flexibility index (Phi) is 11.7. The zero-order valence-electron chi connectivity index (χ0n) is 14.9. The molecule has 1 saturated carbocycles. The fourth-order valence-electron chi connectivity index (χ4n) is 2.82. The summed E-state index contributed by atoms with van der Waals surface area (Å²) >= 11 is 1.81. The molecule has 1 heterocycles. The summed E-state index contributed by atoms with van der Waals surface area (Å²) in [5, 5.41) is 8.85. The van der Waals surface area contributed by atoms with E-state index >= 15 is 0 Å². The lowest BCUT2D eigenvalue weighted by molar-refractivity contribution is 0.0574. The van der Waals surface area contributed by atoms with Crippen LogP contribution < -0.4 is 10.6 Å². The van der Waals surface area contributed by atoms with Crippen molar-refractivity contribution in [3.8, 4) is 0 Å². The Morgan fingerprint density at radius 2 is 2.17 bits per heavy atom. The fourth-order valence-corrected chi connectivity index (χ4v) is 3.59. The molecule has 0 bridgehead atoms. The van der Waals surface area contributed by atoms with E-state index in [-0.39, 0.29) is 24.0 Å². The quantitative estimate of drug-likeness (QED) is 0.246. The maximum absolute atomic E-state index is 5.89. The van der Waals surface area contributed by atoms with E-state index < -0.39 is 0 Å². The summed E-state index contributed by atoms with van der Waals surface area (Å²) < 4.78 is 5.89. The van der Waals surface area contributed by atoms with Crippen LogP contribution in [0.2, 0.25) is 0 Å². The van der Waals surface area contributed by atoms with Gasteiger partial charge in [-0.2, -0.15) is 0 Å². The third-order valence-corrected chi connectivity index (χ3v) is 5.27. The highest BCUT2D eigenvalue weighted by molar-refractivity contribution is 14.0. The maximum Gasteiger partial charge on any atom is 0.191 e. The molecule has 0 aliphatic heterocycles. The van der Waals surface area contributed by atoms with Crippen molar-refractivity contribution in [3.05, 3.63) is 22.4 Å². The molecule has 1 aromatic heterocycles. The SMILES string of the molecule is CCNC(=NCC(C)c1cccs1)NCCCOC1CCCC1.I. The number of hydrogen-bond donors (Lipinski definition) is 2. The molecule has 138 valence electrons. The smallest absolute Gasteiger partial charge is 0.191 e. The van der Waals surface area contributed by atoms with Gasteiger partial charge in [0.05, 0.1) is 12.6 Å². The molecule has 0 aromatic carbocycles. The molecule has 0 saturated heterocycles. The number of rotatable bonds is 9. The van der Waals surface area contributed by atoms with E-state index in [0.29, 0.717) is 12.0 Å². The highest BCUT2D eigenvalue weighted by Crippen LogP contribution is 2.21. The number of nitrogens with zero attached hydrogens (tertiary/aromatic N) is 1. The second-order valence-corrected chi connectivity index (χ2v) is 7.17. The zero-order chi connectivity index (χ0) is 16.3. The van der Waals surface area contributed by atoms with Crippen molar-refractivity contribution in [1.82, 2.24) is 10.6 Å². The van der Waals surface area contributed by atoms with Crippen LogP contribution in [0.1, 0.15) is 56.7 Å². The Morgan fingerprint density at radius 1 is 1.38 bits per heavy atom. The number of thiophene rings is 1. The first kappa shape index (κ1) is 21.7. The van der Waals surface area contributed by atoms with Crippen LogP contribution in [0.15, 0.2) is 22.5 Å². The van der Waals surface area contributed by atoms with E-state index in [0.717, 1.165) is 38.6 Å². The molecular weight excluding hydrogens is 433 g/mol. The Morgan fingerprint density at radius 3 is 2.83 bits per heavy atom. The van der Waals surface area contributed by atoms with Gasteiger partial charge in [-0.25, -0.2) is 0 Å². The topological polar surface area (TPSA) is 45.7 Å². The number of ether oxygens (including phenoxy) is 1. The van der Waals surface area contributed by atoms with E-state index in [1.54, 1.807) is 11.3 Å². The van der Waals surface area contributed by atoms with Gasteiger partial charge in [0, 0.05) is 30.5 Å². The highest BCUT2D eigenvalue weighted by Gasteiger charge is 2.14. The molecule has 1 aliphatic carbocycles. The van der Waals surface area contributed by atoms with Crippen molar-refractivity contribution >= 4 is 41.3 Å². The van der Waals surface area contributed by atoms with Crippen LogP contribution in [0.25, 0.3) is 0 Å². The van der Waals surface area contributed by atoms with Crippen LogP contribution in [-0.4, -0.2) is 38.3 Å². The molecule has 0 radical (unpaired) electrons. The molecule has 2 N–H and O–H groups in total. The second-order valence-electron chi connectivity index (χ2n) is 6.19. The summed E-state index contributed by atoms with van der Waals surface area (Å²) in [5.74, 6) is 1.38. The Hall–Kier alpha value is -0.340. The molecule has 1 fully saturated rings. The predicted octanol–water partition coefficient (Wildman–Crippen LogP) is 4.37. The summed E-state index contributed by atoms with van der Waals surface area (Å²) in [4.78, 5) is 6.10. The van der Waals surface area contributed by atoms with Gasteiger partial charge >= 0.3 is 0 Å². The first-order chi connectivity index (χ1) is 11.3. The van der Waals surface area contributed by atoms with Gasteiger partial charge in [0.25, 0.3) is 0 Å². The van der Waals surface area contributed by atoms with Gasteiger partial charge in [-0.15, -0.1) is 35.3 Å². The van der Waals surface area contributed by atoms with Gasteiger partial charge in [0.15, 0.2) is 5.96 Å². The largest absolute Gasteiger partial charge is 0.378 e. The van der Waals surface area contributed by atoms with Crippen LogP contribution >= 0.6 is 35.3 Å². The van der Waals surface area contributed by atoms with E-state index in [1.807, 2.05) is 0 Å². The van der Waals surface area contributed by atoms with Crippen molar-refractivity contribution in [2.75, 3.05) is 26.2 Å². The molecule has 6 heteroatoms. The lowest BCUT2D eigenvalue weighted by Gasteiger charge is -2.14. The second kappa shape index (κ2) is 12.9. The van der Waals surface area contributed by atoms with Gasteiger partial charge in [-0.05, 0) is 37.6 Å². The van der Waals surface area contributed by atoms with E-state index in [9.17, 15) is 0 Å². The van der Waals surface area contributed by atoms with Crippen LogP contribution in [0.5, 0.6) is 0 Å². The van der Waals surface area contributed by atoms with Crippen molar-refractivity contribution in [2.45, 2.75) is 58.0 Å². The highest BCUT2D eigenvalue weighted by atomic mass is 127. The standard InChI is InChI=1S/C18H31N3OS.HI/c1-3-19-18(21-14-15(2)17-10-6-13-23-17)20-11-7-12-22-16-8-4-5-9-16;/h6,10,13,15-16H,3-5,7-9,11-12,14H2,1-2H3,(H2,19,20,21);1H. The first-order valence-corrected chi connectivity index (χ1v) is 9.84. The molecule has 4 nitrogen and oxygen atoms in total. The summed E-state index contributed by atoms with van der Waals surface area (Å²) in [6.07, 6.45) is 6.71. The van der Waals surface area contributed by atoms with Crippen LogP contribution in [0.4, 0.5) is 0 Å². The third-order valence-electron chi connectivity index (χ3n) is 4.17. The summed E-state index contributed by atoms with van der Waals surface area (Å²) in [7, 11) is 0. The van der Waals surface area contributed by atoms with E-state index in [1.165, 1.54) is 30.6 Å². The van der Waals surface area contributed by atoms with Gasteiger partial charge in [-0.1, -0.05) is 25.8 Å². The fraction of sp³-hybridized carbons (Fsp3) is 0.722. The molecule has 0 spiro atoms. The number of aliphatic imine (C=N–C) groups is 1. The molecule has 1 aliphatic rings. The van der Waals surface area contributed by atoms with Crippen molar-refractivity contribution in [3.63, 3.8) is 0 Å². The number of nitrogens with one attached hydrogen (secondary N) is 2. The van der Waals surface area contributed by atoms with Crippen molar-refractivity contribution < 1.29 is 4.74 Å². The predicted molar refractivity (Wildman–Crippen MR) is 115 cm³/mol. The molecule has 1 aromatic rings. The van der Waals surface area contributed by atoms with Crippen LogP contribution in [0, 0.1) is 0 Å². The normalized spacial score (nSPS) is 16.7. The van der Waals surface area contributed by atoms with Crippen LogP contribution in [0.3, 0.4) is 0 Å². The third kappa shape index (κ3) is 8.16. The molecule has 0 amide bonds. The van der Waals surface area contributed by atoms with Gasteiger partial charge in [-0.3, -0.25) is 4.99 Å². The van der Waals surface area contributed by atoms with Gasteiger partial charge in [0.2, 0.25) is 0 Å². The van der Waals surface area contributed by atoms with Crippen LogP contribution in [-0.2, 0) is 4.74 Å². The van der Waals surface area contributed by atoms with E-state index in [2.05, 4.69) is 42.0 Å². The molecule has 2 rings (SSSR count). The minimum atomic E-state index is 0. The van der Waals surface area contributed by atoms with Crippen molar-refractivity contribution in [1.29, 1.82) is 0 Å². The monoisotopic (exact) mass is 465 g/mol. The van der Waals surface area contributed by atoms with Gasteiger partial charge in [0.1, 0.15) is 0 Å². The first-order valence-electron chi connectivity index (χ1n) is 8.96. The van der Waals surface area contributed by atoms with Gasteiger partial charge < -0.3 is 15.4 Å². The molecular formula is C18H32IN3OS. The molecule has 24 heavy (non-hydrogen) atoms. The molecule has 1 atom stereocenters. The Balaban J connectivity index is 0.00000288. The number of guanidine groups is 1. The maximum atomic E-state index is 5.89. The average Bonchev–Trinajstić information content (AvgIpc) is 3.25. The number of halogens is 1. The average molecular weight is 465 g/mol. The van der Waals surface area contributed by atoms with Crippen molar-refractivity contribution in [2.24, 2.45) is 4.99 Å². The minimum Gasteiger partial charge on any atom is -0.378 e. The summed E-state index contributed by atoms with van der Waals surface area (Å²) in [5.41, 5.74) is 0. The zero-order valence-corrected chi connectivity index (χ0v) is 18.1. The Bertz CT molecular complexity index is 447. The number of hydrogen-bond acceptors (Lipinski definition) is 3. The molecule has 1 unspecified atom stereocenters. The Labute approximate surface area is 167 Å². The minimum absolute atomic E-state index is 0. The summed E-state index contributed by atoms with van der Waals surface area (Å²) in [6, 6.07) is 4.29. The van der Waals surface area contributed by atoms with E-state index in [4.69, 9.17) is 9.73 Å².